The van der Waals surface area contributed by atoms with Gasteiger partial charge in [0.1, 0.15) is 0 Å². The Hall–Kier alpha value is -3.58. The van der Waals surface area contributed by atoms with Gasteiger partial charge in [0.15, 0.2) is 64.0 Å². The van der Waals surface area contributed by atoms with Gasteiger partial charge in [-0.15, -0.1) is 0 Å². The van der Waals surface area contributed by atoms with Crippen LogP contribution >= 0.6 is 0 Å². The van der Waals surface area contributed by atoms with Gasteiger partial charge < -0.3 is 11.5 Å². The van der Waals surface area contributed by atoms with Gasteiger partial charge in [0.2, 0.25) is 5.82 Å². The summed E-state index contributed by atoms with van der Waals surface area (Å²) in [4.78, 5) is 0. The van der Waals surface area contributed by atoms with Crippen LogP contribution in [-0.4, -0.2) is 0 Å². The van der Waals surface area contributed by atoms with Crippen molar-refractivity contribution in [3.05, 3.63) is 69.8 Å². The summed E-state index contributed by atoms with van der Waals surface area (Å²) >= 11 is 0. The summed E-state index contributed by atoms with van der Waals surface area (Å²) in [5.41, 5.74) is -1.47. The second-order valence-electron chi connectivity index (χ2n) is 6.10. The van der Waals surface area contributed by atoms with Crippen molar-refractivity contribution in [2.24, 2.45) is 0 Å². The van der Waals surface area contributed by atoms with Crippen LogP contribution < -0.4 is 11.5 Å². The van der Waals surface area contributed by atoms with E-state index < -0.39 is 103 Å². The molecule has 32 heavy (non-hydrogen) atoms. The molecule has 0 aliphatic rings. The molecule has 0 heterocycles. The lowest BCUT2D eigenvalue weighted by Crippen LogP contribution is -2.12. The maximum Gasteiger partial charge on any atom is 0.200 e. The van der Waals surface area contributed by atoms with Crippen molar-refractivity contribution < 1.29 is 52.7 Å². The Labute approximate surface area is 168 Å². The highest BCUT2D eigenvalue weighted by atomic mass is 19.2. The van der Waals surface area contributed by atoms with Gasteiger partial charge in [-0.25, -0.2) is 52.7 Å². The first-order valence-electron chi connectivity index (χ1n) is 7.85. The van der Waals surface area contributed by atoms with E-state index in [1.165, 1.54) is 0 Å². The molecule has 0 bridgehead atoms. The molecule has 0 aliphatic heterocycles. The Morgan fingerprint density at radius 2 is 0.469 bits per heavy atom. The highest BCUT2D eigenvalue weighted by molar-refractivity contribution is 5.89. The standard InChI is InChI=1S/C18H4F12N2/c19-5-2(1-6(20)11(25)14(28)12(26)7(1)21)10(24)17(31)3(8(5)22)4-9(23)13(27)15(29)16(30)18(4)32/h31-32H2. The number of anilines is 2. The molecule has 0 aliphatic carbocycles. The fraction of sp³-hybridized carbons (Fsp3) is 0. The molecule has 0 unspecified atom stereocenters. The van der Waals surface area contributed by atoms with Crippen LogP contribution in [0.3, 0.4) is 0 Å². The van der Waals surface area contributed by atoms with Crippen LogP contribution in [0.15, 0.2) is 0 Å². The van der Waals surface area contributed by atoms with Crippen LogP contribution in [0.4, 0.5) is 64.1 Å². The second-order valence-corrected chi connectivity index (χ2v) is 6.10. The second kappa shape index (κ2) is 7.53. The minimum absolute atomic E-state index is 1.70. The quantitative estimate of drug-likeness (QED) is 0.211. The number of nitrogen functional groups attached to an aromatic ring is 2. The van der Waals surface area contributed by atoms with Crippen molar-refractivity contribution in [1.29, 1.82) is 0 Å². The molecule has 0 amide bonds. The molecular formula is C18H4F12N2. The normalized spacial score (nSPS) is 11.4. The van der Waals surface area contributed by atoms with Gasteiger partial charge in [0.05, 0.1) is 33.6 Å². The predicted octanol–water partition coefficient (Wildman–Crippen LogP) is 5.85. The van der Waals surface area contributed by atoms with Crippen molar-refractivity contribution >= 4 is 11.4 Å². The van der Waals surface area contributed by atoms with Gasteiger partial charge in [-0.1, -0.05) is 0 Å². The first-order valence-corrected chi connectivity index (χ1v) is 7.85. The van der Waals surface area contributed by atoms with E-state index in [2.05, 4.69) is 0 Å². The minimum Gasteiger partial charge on any atom is -0.396 e. The topological polar surface area (TPSA) is 52.0 Å². The van der Waals surface area contributed by atoms with Crippen LogP contribution in [0, 0.1) is 69.8 Å². The fourth-order valence-corrected chi connectivity index (χ4v) is 2.86. The molecule has 4 N–H and O–H groups in total. The van der Waals surface area contributed by atoms with Crippen LogP contribution in [-0.2, 0) is 0 Å². The number of halogens is 12. The van der Waals surface area contributed by atoms with E-state index in [-0.39, 0.29) is 0 Å². The molecular weight excluding hydrogens is 472 g/mol. The van der Waals surface area contributed by atoms with Crippen LogP contribution in [0.1, 0.15) is 0 Å². The number of rotatable bonds is 2. The molecule has 0 saturated heterocycles. The molecule has 0 atom stereocenters. The molecule has 3 aromatic rings. The highest BCUT2D eigenvalue weighted by Crippen LogP contribution is 2.45. The predicted molar refractivity (Wildman–Crippen MR) is 85.6 cm³/mol. The molecule has 14 heteroatoms. The van der Waals surface area contributed by atoms with E-state index in [1.807, 2.05) is 0 Å². The van der Waals surface area contributed by atoms with E-state index in [4.69, 9.17) is 11.5 Å². The third-order valence-electron chi connectivity index (χ3n) is 4.37. The van der Waals surface area contributed by atoms with Crippen LogP contribution in [0.2, 0.25) is 0 Å². The molecule has 2 nitrogen and oxygen atoms in total. The Morgan fingerprint density at radius 1 is 0.250 bits per heavy atom. The van der Waals surface area contributed by atoms with Crippen molar-refractivity contribution in [1.82, 2.24) is 0 Å². The average Bonchev–Trinajstić information content (AvgIpc) is 2.76. The third-order valence-corrected chi connectivity index (χ3v) is 4.37. The van der Waals surface area contributed by atoms with Gasteiger partial charge in [-0.3, -0.25) is 0 Å². The van der Waals surface area contributed by atoms with E-state index in [9.17, 15) is 52.7 Å². The lowest BCUT2D eigenvalue weighted by Gasteiger charge is -2.18. The van der Waals surface area contributed by atoms with E-state index in [1.54, 1.807) is 0 Å². The smallest absolute Gasteiger partial charge is 0.200 e. The molecule has 3 rings (SSSR count). The zero-order valence-electron chi connectivity index (χ0n) is 14.7. The van der Waals surface area contributed by atoms with Gasteiger partial charge in [0.25, 0.3) is 0 Å². The zero-order chi connectivity index (χ0) is 24.4. The first-order chi connectivity index (χ1) is 14.7. The van der Waals surface area contributed by atoms with Gasteiger partial charge >= 0.3 is 0 Å². The summed E-state index contributed by atoms with van der Waals surface area (Å²) in [5, 5.41) is 0. The summed E-state index contributed by atoms with van der Waals surface area (Å²) < 4.78 is 167. The maximum absolute atomic E-state index is 14.7. The van der Waals surface area contributed by atoms with E-state index in [0.717, 1.165) is 0 Å². The van der Waals surface area contributed by atoms with Crippen LogP contribution in [0.5, 0.6) is 0 Å². The Bertz CT molecular complexity index is 1130. The van der Waals surface area contributed by atoms with Crippen LogP contribution in [0.25, 0.3) is 22.3 Å². The van der Waals surface area contributed by atoms with Crippen molar-refractivity contribution in [3.8, 4) is 22.3 Å². The minimum atomic E-state index is -2.74. The zero-order valence-corrected chi connectivity index (χ0v) is 14.7. The molecule has 0 radical (unpaired) electrons. The van der Waals surface area contributed by atoms with E-state index >= 15 is 0 Å². The van der Waals surface area contributed by atoms with E-state index in [0.29, 0.717) is 0 Å². The molecule has 0 saturated carbocycles. The average molecular weight is 476 g/mol. The molecule has 3 aromatic carbocycles. The lowest BCUT2D eigenvalue weighted by molar-refractivity contribution is 0.380. The molecule has 170 valence electrons. The summed E-state index contributed by atoms with van der Waals surface area (Å²) in [6, 6.07) is 0. The van der Waals surface area contributed by atoms with Gasteiger partial charge in [-0.05, 0) is 0 Å². The summed E-state index contributed by atoms with van der Waals surface area (Å²) in [7, 11) is 0. The largest absolute Gasteiger partial charge is 0.396 e. The maximum atomic E-state index is 14.7. The third kappa shape index (κ3) is 2.92. The lowest BCUT2D eigenvalue weighted by atomic mass is 9.93. The Morgan fingerprint density at radius 3 is 0.906 bits per heavy atom. The summed E-state index contributed by atoms with van der Waals surface area (Å²) in [6.45, 7) is 0. The van der Waals surface area contributed by atoms with Crippen molar-refractivity contribution in [2.45, 2.75) is 0 Å². The monoisotopic (exact) mass is 476 g/mol. The Balaban J connectivity index is 2.50. The van der Waals surface area contributed by atoms with Crippen molar-refractivity contribution in [3.63, 3.8) is 0 Å². The number of nitrogens with two attached hydrogens (primary N) is 2. The van der Waals surface area contributed by atoms with Gasteiger partial charge in [-0.2, -0.15) is 0 Å². The molecule has 0 spiro atoms. The Kier molecular flexibility index (Phi) is 5.43. The summed E-state index contributed by atoms with van der Waals surface area (Å²) in [5.74, 6) is -31.1. The number of hydrogen-bond acceptors (Lipinski definition) is 2. The number of benzene rings is 3. The first kappa shape index (κ1) is 23.1. The SMILES string of the molecule is Nc1c(F)c(F)c(F)c(F)c1-c1c(N)c(F)c(-c2c(F)c(F)c(F)c(F)c2F)c(F)c1F. The molecule has 0 aromatic heterocycles. The molecule has 0 fully saturated rings. The highest BCUT2D eigenvalue weighted by Gasteiger charge is 2.36. The summed E-state index contributed by atoms with van der Waals surface area (Å²) in [6.07, 6.45) is 0. The van der Waals surface area contributed by atoms with Crippen molar-refractivity contribution in [2.75, 3.05) is 11.5 Å². The van der Waals surface area contributed by atoms with Gasteiger partial charge in [0, 0.05) is 0 Å². The fourth-order valence-electron chi connectivity index (χ4n) is 2.86. The number of hydrogen-bond donors (Lipinski definition) is 2.